The second-order valence-corrected chi connectivity index (χ2v) is 7.14. The summed E-state index contributed by atoms with van der Waals surface area (Å²) >= 11 is 0. The molecule has 0 saturated carbocycles. The Bertz CT molecular complexity index is 864. The van der Waals surface area contributed by atoms with Gasteiger partial charge in [-0.2, -0.15) is 0 Å². The number of hydrogen-bond donors (Lipinski definition) is 2. The van der Waals surface area contributed by atoms with Gasteiger partial charge in [-0.05, 0) is 50.1 Å². The Labute approximate surface area is 214 Å². The molecule has 2 rings (SSSR count). The van der Waals surface area contributed by atoms with Crippen LogP contribution >= 0.6 is 24.0 Å². The normalized spacial score (nSPS) is 10.7. The number of carbonyl (C=O) groups excluding carboxylic acids is 1. The van der Waals surface area contributed by atoms with Gasteiger partial charge < -0.3 is 25.0 Å². The molecule has 1 heterocycles. The quantitative estimate of drug-likeness (QED) is 0.232. The average molecular weight is 569 g/mol. The van der Waals surface area contributed by atoms with Crippen LogP contribution in [-0.2, 0) is 17.6 Å². The van der Waals surface area contributed by atoms with Crippen molar-refractivity contribution in [1.82, 2.24) is 20.5 Å². The van der Waals surface area contributed by atoms with Crippen molar-refractivity contribution in [2.45, 2.75) is 26.7 Å². The van der Waals surface area contributed by atoms with Crippen LogP contribution in [0.15, 0.2) is 47.6 Å². The van der Waals surface area contributed by atoms with Crippen molar-refractivity contribution < 1.29 is 14.3 Å². The van der Waals surface area contributed by atoms with Crippen LogP contribution in [0.2, 0.25) is 0 Å². The fourth-order valence-electron chi connectivity index (χ4n) is 3.04. The Hall–Kier alpha value is -2.56. The Morgan fingerprint density at radius 2 is 1.82 bits per heavy atom. The first kappa shape index (κ1) is 28.5. The van der Waals surface area contributed by atoms with Crippen molar-refractivity contribution in [2.24, 2.45) is 4.99 Å². The van der Waals surface area contributed by atoms with Crippen LogP contribution in [0.25, 0.3) is 0 Å². The van der Waals surface area contributed by atoms with Crippen molar-refractivity contribution in [3.05, 3.63) is 53.9 Å². The molecule has 0 aliphatic rings. The molecule has 1 aromatic heterocycles. The lowest BCUT2D eigenvalue weighted by atomic mass is 10.1. The van der Waals surface area contributed by atoms with Gasteiger partial charge >= 0.3 is 0 Å². The Balaban J connectivity index is 0.00000544. The molecule has 1 amide bonds. The van der Waals surface area contributed by atoms with E-state index in [1.807, 2.05) is 50.2 Å². The van der Waals surface area contributed by atoms with Crippen molar-refractivity contribution in [3.8, 4) is 11.5 Å². The highest BCUT2D eigenvalue weighted by Gasteiger charge is 2.10. The van der Waals surface area contributed by atoms with Gasteiger partial charge in [0.25, 0.3) is 0 Å². The van der Waals surface area contributed by atoms with Gasteiger partial charge in [0.05, 0.1) is 19.8 Å². The lowest BCUT2D eigenvalue weighted by Crippen LogP contribution is -2.44. The molecule has 2 N–H and O–H groups in total. The van der Waals surface area contributed by atoms with Crippen molar-refractivity contribution in [2.75, 3.05) is 46.9 Å². The van der Waals surface area contributed by atoms with E-state index in [-0.39, 0.29) is 36.4 Å². The predicted octanol–water partition coefficient (Wildman–Crippen LogP) is 2.91. The summed E-state index contributed by atoms with van der Waals surface area (Å²) in [5.41, 5.74) is 2.10. The van der Waals surface area contributed by atoms with Crippen LogP contribution in [0.4, 0.5) is 0 Å². The summed E-state index contributed by atoms with van der Waals surface area (Å²) in [6.45, 7) is 6.55. The molecule has 0 radical (unpaired) electrons. The number of rotatable bonds is 12. The molecule has 0 bridgehead atoms. The van der Waals surface area contributed by atoms with Crippen LogP contribution in [0.5, 0.6) is 11.5 Å². The smallest absolute Gasteiger partial charge is 0.241 e. The molecule has 0 aliphatic heterocycles. The highest BCUT2D eigenvalue weighted by atomic mass is 127. The van der Waals surface area contributed by atoms with Crippen LogP contribution in [0.1, 0.15) is 25.1 Å². The van der Waals surface area contributed by atoms with Crippen molar-refractivity contribution in [1.29, 1.82) is 0 Å². The zero-order valence-electron chi connectivity index (χ0n) is 20.0. The Kier molecular flexibility index (Phi) is 13.9. The molecule has 8 nitrogen and oxygen atoms in total. The van der Waals surface area contributed by atoms with Gasteiger partial charge in [0.15, 0.2) is 17.5 Å². The zero-order valence-corrected chi connectivity index (χ0v) is 22.3. The van der Waals surface area contributed by atoms with Crippen molar-refractivity contribution >= 4 is 35.8 Å². The van der Waals surface area contributed by atoms with Crippen molar-refractivity contribution in [3.63, 3.8) is 0 Å². The molecule has 0 unspecified atom stereocenters. The molecule has 2 aromatic rings. The summed E-state index contributed by atoms with van der Waals surface area (Å²) < 4.78 is 11.3. The topological polar surface area (TPSA) is 88.1 Å². The van der Waals surface area contributed by atoms with E-state index in [1.165, 1.54) is 0 Å². The standard InChI is InChI=1S/C24H35N5O3.HI/c1-5-31-21-11-10-19(17-22(21)32-6-2)12-15-27-24(25-3)28-18-23(30)29(4)16-13-20-9-7-8-14-26-20;/h7-11,14,17H,5-6,12-13,15-16,18H2,1-4H3,(H2,25,27,28);1H. The molecular formula is C24H36IN5O3. The van der Waals surface area contributed by atoms with Gasteiger partial charge in [-0.25, -0.2) is 0 Å². The fourth-order valence-corrected chi connectivity index (χ4v) is 3.04. The largest absolute Gasteiger partial charge is 0.490 e. The van der Waals surface area contributed by atoms with E-state index >= 15 is 0 Å². The minimum Gasteiger partial charge on any atom is -0.490 e. The van der Waals surface area contributed by atoms with Crippen LogP contribution in [-0.4, -0.2) is 68.7 Å². The molecule has 0 atom stereocenters. The van der Waals surface area contributed by atoms with Gasteiger partial charge in [0.1, 0.15) is 0 Å². The number of aliphatic imine (C=N–C) groups is 1. The molecule has 0 spiro atoms. The van der Waals surface area contributed by atoms with E-state index in [9.17, 15) is 4.79 Å². The van der Waals surface area contributed by atoms with E-state index in [2.05, 4.69) is 20.6 Å². The number of nitrogens with zero attached hydrogens (tertiary/aromatic N) is 3. The van der Waals surface area contributed by atoms with E-state index in [0.29, 0.717) is 32.3 Å². The lowest BCUT2D eigenvalue weighted by molar-refractivity contribution is -0.128. The SMILES string of the molecule is CCOc1ccc(CCNC(=NC)NCC(=O)N(C)CCc2ccccn2)cc1OCC.I. The van der Waals surface area contributed by atoms with Crippen LogP contribution < -0.4 is 20.1 Å². The number of pyridine rings is 1. The number of ether oxygens (including phenoxy) is 2. The maximum absolute atomic E-state index is 12.4. The zero-order chi connectivity index (χ0) is 23.2. The number of carbonyl (C=O) groups is 1. The van der Waals surface area contributed by atoms with Gasteiger partial charge in [0.2, 0.25) is 5.91 Å². The lowest BCUT2D eigenvalue weighted by Gasteiger charge is -2.18. The van der Waals surface area contributed by atoms with E-state index in [0.717, 1.165) is 35.6 Å². The number of aromatic nitrogens is 1. The summed E-state index contributed by atoms with van der Waals surface area (Å²) in [5, 5.41) is 6.33. The molecule has 0 saturated heterocycles. The number of guanidine groups is 1. The van der Waals surface area contributed by atoms with E-state index in [4.69, 9.17) is 9.47 Å². The number of benzene rings is 1. The first-order valence-electron chi connectivity index (χ1n) is 11.0. The number of nitrogens with one attached hydrogen (secondary N) is 2. The Morgan fingerprint density at radius 3 is 2.48 bits per heavy atom. The van der Waals surface area contributed by atoms with Crippen LogP contribution in [0, 0.1) is 0 Å². The average Bonchev–Trinajstić information content (AvgIpc) is 2.82. The second kappa shape index (κ2) is 16.1. The molecule has 1 aromatic carbocycles. The van der Waals surface area contributed by atoms with E-state index in [1.54, 1.807) is 25.2 Å². The summed E-state index contributed by atoms with van der Waals surface area (Å²) in [7, 11) is 3.49. The number of halogens is 1. The predicted molar refractivity (Wildman–Crippen MR) is 143 cm³/mol. The summed E-state index contributed by atoms with van der Waals surface area (Å²) in [4.78, 5) is 22.6. The second-order valence-electron chi connectivity index (χ2n) is 7.14. The summed E-state index contributed by atoms with van der Waals surface area (Å²) in [5.74, 6) is 2.10. The van der Waals surface area contributed by atoms with Gasteiger partial charge in [-0.15, -0.1) is 24.0 Å². The summed E-state index contributed by atoms with van der Waals surface area (Å²) in [6.07, 6.45) is 3.27. The van der Waals surface area contributed by atoms with Gasteiger partial charge in [0, 0.05) is 45.5 Å². The maximum atomic E-state index is 12.4. The maximum Gasteiger partial charge on any atom is 0.241 e. The molecule has 0 fully saturated rings. The fraction of sp³-hybridized carbons (Fsp3) is 0.458. The van der Waals surface area contributed by atoms with E-state index < -0.39 is 0 Å². The minimum absolute atomic E-state index is 0. The minimum atomic E-state index is -0.00301. The highest BCUT2D eigenvalue weighted by molar-refractivity contribution is 14.0. The number of likely N-dealkylation sites (N-methyl/N-ethyl adjacent to an activating group) is 1. The molecule has 0 aliphatic carbocycles. The van der Waals surface area contributed by atoms with Crippen LogP contribution in [0.3, 0.4) is 0 Å². The Morgan fingerprint density at radius 1 is 1.06 bits per heavy atom. The third kappa shape index (κ3) is 10.3. The highest BCUT2D eigenvalue weighted by Crippen LogP contribution is 2.28. The number of amides is 1. The molecule has 182 valence electrons. The first-order valence-corrected chi connectivity index (χ1v) is 11.0. The first-order chi connectivity index (χ1) is 15.6. The molecular weight excluding hydrogens is 533 g/mol. The molecule has 33 heavy (non-hydrogen) atoms. The number of hydrogen-bond acceptors (Lipinski definition) is 5. The molecule has 9 heteroatoms. The van der Waals surface area contributed by atoms with Gasteiger partial charge in [-0.3, -0.25) is 14.8 Å². The third-order valence-electron chi connectivity index (χ3n) is 4.80. The summed E-state index contributed by atoms with van der Waals surface area (Å²) in [6, 6.07) is 11.8. The van der Waals surface area contributed by atoms with Gasteiger partial charge in [-0.1, -0.05) is 12.1 Å². The third-order valence-corrected chi connectivity index (χ3v) is 4.80. The monoisotopic (exact) mass is 569 g/mol.